The van der Waals surface area contributed by atoms with Gasteiger partial charge in [0.1, 0.15) is 9.96 Å². The molecule has 0 saturated carbocycles. The predicted octanol–water partition coefficient (Wildman–Crippen LogP) is 2.21. The standard InChI is InChI=1S/C17H20N2O4S2/c1-13-6-7-16(24-13)25(21,22)19-10-8-18(9-11-19)17(20)14-4-3-5-15(12-14)23-2/h3-7,12H,8-11H2,1-2H3. The van der Waals surface area contributed by atoms with Crippen LogP contribution in [0, 0.1) is 6.92 Å². The Morgan fingerprint density at radius 1 is 1.12 bits per heavy atom. The summed E-state index contributed by atoms with van der Waals surface area (Å²) in [7, 11) is -1.92. The van der Waals surface area contributed by atoms with Crippen molar-refractivity contribution in [1.82, 2.24) is 9.21 Å². The lowest BCUT2D eigenvalue weighted by Gasteiger charge is -2.33. The van der Waals surface area contributed by atoms with E-state index in [4.69, 9.17) is 4.74 Å². The van der Waals surface area contributed by atoms with E-state index in [0.717, 1.165) is 4.88 Å². The van der Waals surface area contributed by atoms with Crippen LogP contribution in [0.15, 0.2) is 40.6 Å². The van der Waals surface area contributed by atoms with Crippen LogP contribution in [0.5, 0.6) is 5.75 Å². The summed E-state index contributed by atoms with van der Waals surface area (Å²) in [6.07, 6.45) is 0. The van der Waals surface area contributed by atoms with Crippen LogP contribution in [0.2, 0.25) is 0 Å². The number of hydrogen-bond donors (Lipinski definition) is 0. The van der Waals surface area contributed by atoms with Gasteiger partial charge in [0, 0.05) is 36.6 Å². The molecule has 2 aromatic rings. The molecule has 0 N–H and O–H groups in total. The molecule has 1 saturated heterocycles. The molecule has 2 heterocycles. The molecule has 1 fully saturated rings. The first-order valence-corrected chi connectivity index (χ1v) is 10.2. The maximum Gasteiger partial charge on any atom is 0.254 e. The summed E-state index contributed by atoms with van der Waals surface area (Å²) in [6.45, 7) is 3.23. The fourth-order valence-electron chi connectivity index (χ4n) is 2.75. The summed E-state index contributed by atoms with van der Waals surface area (Å²) in [5, 5.41) is 0. The third-order valence-electron chi connectivity index (χ3n) is 4.15. The van der Waals surface area contributed by atoms with Crippen LogP contribution in [0.3, 0.4) is 0 Å². The highest BCUT2D eigenvalue weighted by Gasteiger charge is 2.31. The molecule has 6 nitrogen and oxygen atoms in total. The smallest absolute Gasteiger partial charge is 0.254 e. The van der Waals surface area contributed by atoms with Crippen molar-refractivity contribution >= 4 is 27.3 Å². The maximum atomic E-state index is 12.6. The minimum Gasteiger partial charge on any atom is -0.497 e. The van der Waals surface area contributed by atoms with Crippen molar-refractivity contribution in [3.05, 3.63) is 46.8 Å². The predicted molar refractivity (Wildman–Crippen MR) is 96.7 cm³/mol. The SMILES string of the molecule is COc1cccc(C(=O)N2CCN(S(=O)(=O)c3ccc(C)s3)CC2)c1. The number of thiophene rings is 1. The normalized spacial score (nSPS) is 16.0. The highest BCUT2D eigenvalue weighted by molar-refractivity contribution is 7.91. The Balaban J connectivity index is 1.68. The lowest BCUT2D eigenvalue weighted by Crippen LogP contribution is -2.50. The van der Waals surface area contributed by atoms with Gasteiger partial charge >= 0.3 is 0 Å². The van der Waals surface area contributed by atoms with Crippen molar-refractivity contribution in [2.24, 2.45) is 0 Å². The second-order valence-corrected chi connectivity index (χ2v) is 9.25. The Morgan fingerprint density at radius 2 is 1.84 bits per heavy atom. The molecule has 1 aliphatic heterocycles. The van der Waals surface area contributed by atoms with Gasteiger partial charge in [-0.3, -0.25) is 4.79 Å². The van der Waals surface area contributed by atoms with Crippen molar-refractivity contribution in [1.29, 1.82) is 0 Å². The molecular weight excluding hydrogens is 360 g/mol. The number of carbonyl (C=O) groups is 1. The first-order chi connectivity index (χ1) is 11.9. The van der Waals surface area contributed by atoms with E-state index in [1.54, 1.807) is 48.4 Å². The maximum absolute atomic E-state index is 12.6. The zero-order valence-electron chi connectivity index (χ0n) is 14.1. The van der Waals surface area contributed by atoms with E-state index in [2.05, 4.69) is 0 Å². The Kier molecular flexibility index (Phi) is 5.12. The largest absolute Gasteiger partial charge is 0.497 e. The lowest BCUT2D eigenvalue weighted by atomic mass is 10.1. The van der Waals surface area contributed by atoms with Gasteiger partial charge in [-0.1, -0.05) is 6.07 Å². The van der Waals surface area contributed by atoms with E-state index < -0.39 is 10.0 Å². The molecule has 0 atom stereocenters. The quantitative estimate of drug-likeness (QED) is 0.816. The molecule has 3 rings (SSSR count). The average molecular weight is 380 g/mol. The zero-order valence-corrected chi connectivity index (χ0v) is 15.8. The van der Waals surface area contributed by atoms with Gasteiger partial charge in [0.25, 0.3) is 15.9 Å². The topological polar surface area (TPSA) is 66.9 Å². The van der Waals surface area contributed by atoms with E-state index >= 15 is 0 Å². The molecule has 25 heavy (non-hydrogen) atoms. The van der Waals surface area contributed by atoms with Crippen LogP contribution in [0.25, 0.3) is 0 Å². The van der Waals surface area contributed by atoms with Gasteiger partial charge in [0.15, 0.2) is 0 Å². The van der Waals surface area contributed by atoms with Crippen LogP contribution >= 0.6 is 11.3 Å². The number of amides is 1. The molecule has 1 aromatic carbocycles. The molecule has 134 valence electrons. The van der Waals surface area contributed by atoms with Gasteiger partial charge in [0.2, 0.25) is 0 Å². The third kappa shape index (κ3) is 3.70. The van der Waals surface area contributed by atoms with E-state index in [0.29, 0.717) is 41.7 Å². The number of methoxy groups -OCH3 is 1. The fraction of sp³-hybridized carbons (Fsp3) is 0.353. The molecule has 0 aliphatic carbocycles. The molecule has 8 heteroatoms. The molecule has 1 aromatic heterocycles. The Morgan fingerprint density at radius 3 is 2.44 bits per heavy atom. The summed E-state index contributed by atoms with van der Waals surface area (Å²) in [5.74, 6) is 0.517. The number of nitrogens with zero attached hydrogens (tertiary/aromatic N) is 2. The monoisotopic (exact) mass is 380 g/mol. The first kappa shape index (κ1) is 17.9. The van der Waals surface area contributed by atoms with Crippen LogP contribution in [0.1, 0.15) is 15.2 Å². The third-order valence-corrected chi connectivity index (χ3v) is 7.52. The van der Waals surface area contributed by atoms with Gasteiger partial charge in [-0.2, -0.15) is 4.31 Å². The summed E-state index contributed by atoms with van der Waals surface area (Å²) < 4.78 is 32.3. The summed E-state index contributed by atoms with van der Waals surface area (Å²) in [5.41, 5.74) is 0.546. The van der Waals surface area contributed by atoms with Crippen molar-refractivity contribution in [2.75, 3.05) is 33.3 Å². The molecule has 0 bridgehead atoms. The first-order valence-electron chi connectivity index (χ1n) is 7.92. The summed E-state index contributed by atoms with van der Waals surface area (Å²) in [4.78, 5) is 15.2. The minimum atomic E-state index is -3.47. The zero-order chi connectivity index (χ0) is 18.0. The molecular formula is C17H20N2O4S2. The van der Waals surface area contributed by atoms with E-state index in [1.165, 1.54) is 15.6 Å². The number of piperazine rings is 1. The number of rotatable bonds is 4. The number of sulfonamides is 1. The van der Waals surface area contributed by atoms with Crippen LogP contribution in [-0.4, -0.2) is 56.8 Å². The van der Waals surface area contributed by atoms with Crippen molar-refractivity contribution in [3.8, 4) is 5.75 Å². The highest BCUT2D eigenvalue weighted by Crippen LogP contribution is 2.25. The lowest BCUT2D eigenvalue weighted by molar-refractivity contribution is 0.0697. The van der Waals surface area contributed by atoms with Crippen LogP contribution in [0.4, 0.5) is 0 Å². The van der Waals surface area contributed by atoms with Gasteiger partial charge in [0.05, 0.1) is 7.11 Å². The van der Waals surface area contributed by atoms with Crippen molar-refractivity contribution < 1.29 is 17.9 Å². The van der Waals surface area contributed by atoms with Gasteiger partial charge in [-0.25, -0.2) is 8.42 Å². The second kappa shape index (κ2) is 7.15. The number of hydrogen-bond acceptors (Lipinski definition) is 5. The van der Waals surface area contributed by atoms with E-state index in [9.17, 15) is 13.2 Å². The van der Waals surface area contributed by atoms with Crippen LogP contribution in [-0.2, 0) is 10.0 Å². The Labute approximate surface area is 151 Å². The van der Waals surface area contributed by atoms with Crippen molar-refractivity contribution in [2.45, 2.75) is 11.1 Å². The van der Waals surface area contributed by atoms with E-state index in [1.807, 2.05) is 6.92 Å². The number of ether oxygens (including phenoxy) is 1. The minimum absolute atomic E-state index is 0.108. The average Bonchev–Trinajstić information content (AvgIpc) is 3.08. The molecule has 0 unspecified atom stereocenters. The fourth-order valence-corrected chi connectivity index (χ4v) is 5.61. The van der Waals surface area contributed by atoms with Crippen molar-refractivity contribution in [3.63, 3.8) is 0 Å². The molecule has 0 spiro atoms. The summed E-state index contributed by atoms with van der Waals surface area (Å²) in [6, 6.07) is 10.4. The molecule has 1 aliphatic rings. The Bertz CT molecular complexity index is 868. The molecule has 1 amide bonds. The second-order valence-electron chi connectivity index (χ2n) is 5.79. The number of aryl methyl sites for hydroxylation is 1. The highest BCUT2D eigenvalue weighted by atomic mass is 32.2. The van der Waals surface area contributed by atoms with Gasteiger partial charge < -0.3 is 9.64 Å². The number of carbonyl (C=O) groups excluding carboxylic acids is 1. The number of benzene rings is 1. The van der Waals surface area contributed by atoms with E-state index in [-0.39, 0.29) is 5.91 Å². The summed E-state index contributed by atoms with van der Waals surface area (Å²) >= 11 is 1.27. The van der Waals surface area contributed by atoms with Gasteiger partial charge in [-0.05, 0) is 37.3 Å². The Hall–Kier alpha value is -1.90. The van der Waals surface area contributed by atoms with Gasteiger partial charge in [-0.15, -0.1) is 11.3 Å². The van der Waals surface area contributed by atoms with Crippen LogP contribution < -0.4 is 4.74 Å². The molecule has 0 radical (unpaired) electrons.